The second kappa shape index (κ2) is 6.56. The molecule has 104 valence electrons. The molecule has 0 aliphatic carbocycles. The van der Waals surface area contributed by atoms with Crippen LogP contribution >= 0.6 is 15.9 Å². The number of hydrogen-bond donors (Lipinski definition) is 1. The third-order valence-corrected chi connectivity index (χ3v) is 3.37. The van der Waals surface area contributed by atoms with Gasteiger partial charge < -0.3 is 15.0 Å². The maximum atomic E-state index is 12.4. The van der Waals surface area contributed by atoms with E-state index in [-0.39, 0.29) is 18.4 Å². The van der Waals surface area contributed by atoms with Crippen molar-refractivity contribution in [2.45, 2.75) is 6.92 Å². The summed E-state index contributed by atoms with van der Waals surface area (Å²) in [6, 6.07) is 3.65. The Hall–Kier alpha value is -1.56. The van der Waals surface area contributed by atoms with Crippen molar-refractivity contribution < 1.29 is 14.3 Å². The van der Waals surface area contributed by atoms with E-state index in [2.05, 4.69) is 21.2 Å². The number of aryl methyl sites for hydroxylation is 1. The number of carbonyl (C=O) groups excluding carboxylic acids is 2. The Balaban J connectivity index is 3.12. The van der Waals surface area contributed by atoms with Crippen molar-refractivity contribution in [3.05, 3.63) is 27.7 Å². The predicted molar refractivity (Wildman–Crippen MR) is 76.5 cm³/mol. The number of methoxy groups -OCH3 is 1. The summed E-state index contributed by atoms with van der Waals surface area (Å²) in [4.78, 5) is 25.1. The van der Waals surface area contributed by atoms with Gasteiger partial charge in [-0.25, -0.2) is 0 Å². The zero-order valence-corrected chi connectivity index (χ0v) is 13.0. The normalized spacial score (nSPS) is 9.95. The van der Waals surface area contributed by atoms with Gasteiger partial charge in [-0.2, -0.15) is 0 Å². The van der Waals surface area contributed by atoms with Gasteiger partial charge in [0, 0.05) is 14.1 Å². The van der Waals surface area contributed by atoms with Gasteiger partial charge in [0.2, 0.25) is 5.91 Å². The first-order chi connectivity index (χ1) is 8.92. The Bertz CT molecular complexity index is 503. The van der Waals surface area contributed by atoms with E-state index in [9.17, 15) is 9.59 Å². The molecule has 0 aliphatic heterocycles. The number of rotatable bonds is 4. The van der Waals surface area contributed by atoms with Crippen LogP contribution in [0, 0.1) is 6.92 Å². The van der Waals surface area contributed by atoms with Crippen LogP contribution in [0.4, 0.5) is 0 Å². The smallest absolute Gasteiger partial charge is 0.258 e. The molecule has 1 aromatic carbocycles. The Labute approximate surface area is 121 Å². The van der Waals surface area contributed by atoms with Crippen molar-refractivity contribution in [1.29, 1.82) is 0 Å². The molecule has 0 atom stereocenters. The van der Waals surface area contributed by atoms with Crippen LogP contribution in [0.15, 0.2) is 16.6 Å². The third kappa shape index (κ3) is 3.47. The highest BCUT2D eigenvalue weighted by Gasteiger charge is 2.22. The molecule has 0 heterocycles. The largest absolute Gasteiger partial charge is 0.495 e. The van der Waals surface area contributed by atoms with Crippen molar-refractivity contribution in [1.82, 2.24) is 10.2 Å². The lowest BCUT2D eigenvalue weighted by Crippen LogP contribution is -2.37. The van der Waals surface area contributed by atoms with Gasteiger partial charge in [-0.1, -0.05) is 6.07 Å². The lowest BCUT2D eigenvalue weighted by atomic mass is 10.1. The molecular weight excluding hydrogens is 312 g/mol. The minimum atomic E-state index is -0.251. The molecule has 19 heavy (non-hydrogen) atoms. The Morgan fingerprint density at radius 3 is 2.58 bits per heavy atom. The van der Waals surface area contributed by atoms with Crippen molar-refractivity contribution in [2.24, 2.45) is 0 Å². The molecule has 1 rings (SSSR count). The van der Waals surface area contributed by atoms with E-state index in [1.807, 2.05) is 19.1 Å². The third-order valence-electron chi connectivity index (χ3n) is 2.74. The summed E-state index contributed by atoms with van der Waals surface area (Å²) in [6.07, 6.45) is 0. The zero-order valence-electron chi connectivity index (χ0n) is 11.4. The minimum absolute atomic E-state index is 0.00441. The molecule has 0 aliphatic rings. The predicted octanol–water partition coefficient (Wildman–Crippen LogP) is 1.58. The molecule has 0 bridgehead atoms. The number of benzene rings is 1. The first-order valence-corrected chi connectivity index (χ1v) is 6.50. The fraction of sp³-hybridized carbons (Fsp3) is 0.385. The zero-order chi connectivity index (χ0) is 14.6. The molecule has 0 unspecified atom stereocenters. The van der Waals surface area contributed by atoms with Crippen LogP contribution in [0.5, 0.6) is 5.75 Å². The highest BCUT2D eigenvalue weighted by atomic mass is 79.9. The lowest BCUT2D eigenvalue weighted by Gasteiger charge is -2.19. The first-order valence-electron chi connectivity index (χ1n) is 5.71. The highest BCUT2D eigenvalue weighted by molar-refractivity contribution is 9.10. The van der Waals surface area contributed by atoms with Gasteiger partial charge in [-0.05, 0) is 34.5 Å². The average Bonchev–Trinajstić information content (AvgIpc) is 2.39. The van der Waals surface area contributed by atoms with Crippen LogP contribution in [-0.4, -0.2) is 44.5 Å². The topological polar surface area (TPSA) is 58.6 Å². The SMILES string of the molecule is CNC(=O)CN(C)C(=O)c1c(C)ccc(Br)c1OC. The summed E-state index contributed by atoms with van der Waals surface area (Å²) in [6.45, 7) is 1.83. The molecule has 0 radical (unpaired) electrons. The van der Waals surface area contributed by atoms with E-state index >= 15 is 0 Å². The number of carbonyl (C=O) groups is 2. The Kier molecular flexibility index (Phi) is 5.35. The van der Waals surface area contributed by atoms with E-state index in [0.717, 1.165) is 5.56 Å². The summed E-state index contributed by atoms with van der Waals surface area (Å²) in [7, 11) is 4.62. The summed E-state index contributed by atoms with van der Waals surface area (Å²) < 4.78 is 5.97. The molecule has 0 aromatic heterocycles. The van der Waals surface area contributed by atoms with E-state index in [1.165, 1.54) is 19.1 Å². The van der Waals surface area contributed by atoms with Gasteiger partial charge in [0.05, 0.1) is 23.7 Å². The molecular formula is C13H17BrN2O3. The molecule has 1 aromatic rings. The number of ether oxygens (including phenoxy) is 1. The number of hydrogen-bond acceptors (Lipinski definition) is 3. The van der Waals surface area contributed by atoms with Gasteiger partial charge in [-0.3, -0.25) is 9.59 Å². The van der Waals surface area contributed by atoms with Crippen LogP contribution in [0.25, 0.3) is 0 Å². The van der Waals surface area contributed by atoms with Crippen LogP contribution in [0.1, 0.15) is 15.9 Å². The van der Waals surface area contributed by atoms with Crippen molar-refractivity contribution >= 4 is 27.7 Å². The molecule has 1 N–H and O–H groups in total. The second-order valence-electron chi connectivity index (χ2n) is 4.11. The number of nitrogens with one attached hydrogen (secondary N) is 1. The quantitative estimate of drug-likeness (QED) is 0.913. The summed E-state index contributed by atoms with van der Waals surface area (Å²) in [5.74, 6) is 0.00970. The Morgan fingerprint density at radius 1 is 1.42 bits per heavy atom. The maximum Gasteiger partial charge on any atom is 0.258 e. The average molecular weight is 329 g/mol. The molecule has 6 heteroatoms. The molecule has 0 fully saturated rings. The van der Waals surface area contributed by atoms with E-state index in [1.54, 1.807) is 7.05 Å². The van der Waals surface area contributed by atoms with Gasteiger partial charge in [0.1, 0.15) is 5.75 Å². The van der Waals surface area contributed by atoms with E-state index < -0.39 is 0 Å². The van der Waals surface area contributed by atoms with Crippen LogP contribution in [-0.2, 0) is 4.79 Å². The minimum Gasteiger partial charge on any atom is -0.495 e. The van der Waals surface area contributed by atoms with Gasteiger partial charge >= 0.3 is 0 Å². The van der Waals surface area contributed by atoms with Crippen LogP contribution in [0.2, 0.25) is 0 Å². The number of nitrogens with zero attached hydrogens (tertiary/aromatic N) is 1. The fourth-order valence-electron chi connectivity index (χ4n) is 1.68. The summed E-state index contributed by atoms with van der Waals surface area (Å²) >= 11 is 3.35. The fourth-order valence-corrected chi connectivity index (χ4v) is 2.17. The highest BCUT2D eigenvalue weighted by Crippen LogP contribution is 2.32. The summed E-state index contributed by atoms with van der Waals surface area (Å²) in [5.41, 5.74) is 1.26. The van der Waals surface area contributed by atoms with Gasteiger partial charge in [-0.15, -0.1) is 0 Å². The molecule has 0 saturated heterocycles. The van der Waals surface area contributed by atoms with Crippen molar-refractivity contribution in [2.75, 3.05) is 27.7 Å². The monoisotopic (exact) mass is 328 g/mol. The van der Waals surface area contributed by atoms with Crippen molar-refractivity contribution in [3.63, 3.8) is 0 Å². The molecule has 2 amide bonds. The van der Waals surface area contributed by atoms with E-state index in [4.69, 9.17) is 4.74 Å². The van der Waals surface area contributed by atoms with Crippen LogP contribution < -0.4 is 10.1 Å². The number of amides is 2. The number of likely N-dealkylation sites (N-methyl/N-ethyl adjacent to an activating group) is 2. The maximum absolute atomic E-state index is 12.4. The first kappa shape index (κ1) is 15.5. The van der Waals surface area contributed by atoms with Crippen molar-refractivity contribution in [3.8, 4) is 5.75 Å². The van der Waals surface area contributed by atoms with E-state index in [0.29, 0.717) is 15.8 Å². The number of halogens is 1. The molecule has 0 saturated carbocycles. The lowest BCUT2D eigenvalue weighted by molar-refractivity contribution is -0.121. The summed E-state index contributed by atoms with van der Waals surface area (Å²) in [5, 5.41) is 2.48. The van der Waals surface area contributed by atoms with Gasteiger partial charge in [0.25, 0.3) is 5.91 Å². The van der Waals surface area contributed by atoms with Gasteiger partial charge in [0.15, 0.2) is 0 Å². The standard InChI is InChI=1S/C13H17BrN2O3/c1-8-5-6-9(14)12(19-4)11(8)13(18)16(3)7-10(17)15-2/h5-6H,7H2,1-4H3,(H,15,17). The Morgan fingerprint density at radius 2 is 2.05 bits per heavy atom. The van der Waals surface area contributed by atoms with Crippen LogP contribution in [0.3, 0.4) is 0 Å². The second-order valence-corrected chi connectivity index (χ2v) is 4.96. The molecule has 0 spiro atoms. The molecule has 5 nitrogen and oxygen atoms in total.